The molecule has 0 aromatic rings. The zero-order valence-electron chi connectivity index (χ0n) is 1.28. The molecule has 39 valence electrons. The van der Waals surface area contributed by atoms with Gasteiger partial charge >= 0.3 is 0 Å². The Morgan fingerprint density at radius 3 is 1.00 bits per heavy atom. The van der Waals surface area contributed by atoms with Crippen molar-refractivity contribution in [1.82, 2.24) is 0 Å². The second-order valence-electron chi connectivity index (χ2n) is 0. The van der Waals surface area contributed by atoms with Gasteiger partial charge in [-0.1, -0.05) is 0 Å². The molecule has 0 atom stereocenters. The molecule has 0 saturated heterocycles. The van der Waals surface area contributed by atoms with Crippen molar-refractivity contribution >= 4 is 0 Å². The summed E-state index contributed by atoms with van der Waals surface area (Å²) in [5.74, 6) is 0. The van der Waals surface area contributed by atoms with Crippen LogP contribution in [0, 0.1) is 0 Å². The summed E-state index contributed by atoms with van der Waals surface area (Å²) >= 11 is 0. The van der Waals surface area contributed by atoms with Crippen molar-refractivity contribution in [1.29, 1.82) is 0 Å². The van der Waals surface area contributed by atoms with Crippen molar-refractivity contribution in [3.05, 3.63) is 0 Å². The molecule has 0 saturated carbocycles. The summed E-state index contributed by atoms with van der Waals surface area (Å²) in [6.07, 6.45) is 0. The summed E-state index contributed by atoms with van der Waals surface area (Å²) in [5.41, 5.74) is 0. The fourth-order valence-corrected chi connectivity index (χ4v) is 0. The Hall–Kier alpha value is 2.35. The maximum atomic E-state index is 0. The number of hydrogen-bond donors (Lipinski definition) is 0. The van der Waals surface area contributed by atoms with E-state index in [0.717, 1.165) is 0 Å². The molecule has 4 heavy (non-hydrogen) atoms. The van der Waals surface area contributed by atoms with Gasteiger partial charge in [-0.05, 0) is 0 Å². The second-order valence-corrected chi connectivity index (χ2v) is 0. The average molecular weight is 419 g/mol. The van der Waals surface area contributed by atoms with Gasteiger partial charge in [-0.15, -0.1) is 0 Å². The molecule has 0 rings (SSSR count). The molecule has 0 amide bonds. The maximum Gasteiger partial charge on any atom is 0 e. The standard InChI is InChI=1S/Co.Ni.Pd.Pt. The van der Waals surface area contributed by atoms with Gasteiger partial charge in [0.15, 0.2) is 0 Å². The Morgan fingerprint density at radius 1 is 1.00 bits per heavy atom. The molecule has 0 unspecified atom stereocenters. The molecule has 0 heterocycles. The van der Waals surface area contributed by atoms with Crippen LogP contribution in [0.25, 0.3) is 0 Å². The molecule has 1 radical (unpaired) electrons. The van der Waals surface area contributed by atoms with Gasteiger partial charge in [0.05, 0.1) is 0 Å². The summed E-state index contributed by atoms with van der Waals surface area (Å²) in [6, 6.07) is 0. The fraction of sp³-hybridized carbons (Fsp3) is 0. The van der Waals surface area contributed by atoms with E-state index in [1.807, 2.05) is 0 Å². The van der Waals surface area contributed by atoms with E-state index in [4.69, 9.17) is 0 Å². The van der Waals surface area contributed by atoms with E-state index in [9.17, 15) is 0 Å². The molecule has 0 N–H and O–H groups in total. The summed E-state index contributed by atoms with van der Waals surface area (Å²) < 4.78 is 0. The smallest absolute Gasteiger partial charge is 0 e. The van der Waals surface area contributed by atoms with Gasteiger partial charge in [-0.3, -0.25) is 0 Å². The molecular formula is CoNiPdPt. The first-order chi connectivity index (χ1) is 0. The first kappa shape index (κ1) is 32.9. The van der Waals surface area contributed by atoms with Gasteiger partial charge in [0.25, 0.3) is 0 Å². The van der Waals surface area contributed by atoms with Gasteiger partial charge in [-0.2, -0.15) is 0 Å². The van der Waals surface area contributed by atoms with Crippen molar-refractivity contribution in [3.8, 4) is 0 Å². The molecular weight excluding hydrogens is 419 g/mol. The summed E-state index contributed by atoms with van der Waals surface area (Å²) in [7, 11) is 0. The van der Waals surface area contributed by atoms with Gasteiger partial charge in [0, 0.05) is 74.8 Å². The van der Waals surface area contributed by atoms with Gasteiger partial charge in [0.1, 0.15) is 0 Å². The second kappa shape index (κ2) is 18.3. The Bertz CT molecular complexity index is 8.00. The molecule has 0 spiro atoms. The van der Waals surface area contributed by atoms with E-state index in [0.29, 0.717) is 0 Å². The SMILES string of the molecule is [Co].[Ni].[Pd].[Pt]. The zero-order chi connectivity index (χ0) is 0. The minimum Gasteiger partial charge on any atom is 0 e. The normalized spacial score (nSPS) is 0. The quantitative estimate of drug-likeness (QED) is 0.485. The van der Waals surface area contributed by atoms with E-state index < -0.39 is 0 Å². The minimum atomic E-state index is 0. The molecule has 0 aliphatic carbocycles. The van der Waals surface area contributed by atoms with E-state index >= 15 is 0 Å². The Kier molecular flexibility index (Phi) is 151. The van der Waals surface area contributed by atoms with Crippen LogP contribution < -0.4 is 0 Å². The van der Waals surface area contributed by atoms with Crippen molar-refractivity contribution in [3.63, 3.8) is 0 Å². The number of hydrogen-bond acceptors (Lipinski definition) is 0. The van der Waals surface area contributed by atoms with Crippen LogP contribution in [0.5, 0.6) is 0 Å². The van der Waals surface area contributed by atoms with Crippen molar-refractivity contribution < 1.29 is 74.8 Å². The van der Waals surface area contributed by atoms with Gasteiger partial charge < -0.3 is 0 Å². The fourth-order valence-electron chi connectivity index (χ4n) is 0. The van der Waals surface area contributed by atoms with Crippen LogP contribution >= 0.6 is 0 Å². The molecule has 0 nitrogen and oxygen atoms in total. The third-order valence-corrected chi connectivity index (χ3v) is 0. The van der Waals surface area contributed by atoms with Gasteiger partial charge in [0.2, 0.25) is 0 Å². The summed E-state index contributed by atoms with van der Waals surface area (Å²) in [4.78, 5) is 0. The van der Waals surface area contributed by atoms with Gasteiger partial charge in [-0.25, -0.2) is 0 Å². The van der Waals surface area contributed by atoms with Crippen LogP contribution in [-0.4, -0.2) is 0 Å². The first-order valence-corrected chi connectivity index (χ1v) is 0. The number of rotatable bonds is 0. The first-order valence-electron chi connectivity index (χ1n) is 0. The Morgan fingerprint density at radius 2 is 1.00 bits per heavy atom. The van der Waals surface area contributed by atoms with E-state index in [1.54, 1.807) is 0 Å². The third-order valence-electron chi connectivity index (χ3n) is 0. The summed E-state index contributed by atoms with van der Waals surface area (Å²) in [5, 5.41) is 0. The largest absolute Gasteiger partial charge is 0 e. The Balaban J connectivity index is 0. The monoisotopic (exact) mass is 418 g/mol. The van der Waals surface area contributed by atoms with Crippen LogP contribution in [0.15, 0.2) is 0 Å². The van der Waals surface area contributed by atoms with Crippen LogP contribution in [0.2, 0.25) is 0 Å². The molecule has 0 fully saturated rings. The van der Waals surface area contributed by atoms with E-state index in [1.165, 1.54) is 0 Å². The molecule has 0 aromatic heterocycles. The van der Waals surface area contributed by atoms with Crippen LogP contribution in [-0.2, 0) is 74.8 Å². The third kappa shape index (κ3) is 8.84. The van der Waals surface area contributed by atoms with Crippen LogP contribution in [0.1, 0.15) is 0 Å². The predicted molar refractivity (Wildman–Crippen MR) is 0 cm³/mol. The van der Waals surface area contributed by atoms with Crippen molar-refractivity contribution in [2.24, 2.45) is 0 Å². The molecule has 0 aliphatic heterocycles. The Labute approximate surface area is 73.9 Å². The molecule has 0 aliphatic rings. The molecule has 4 heteroatoms. The molecule has 0 bridgehead atoms. The minimum absolute atomic E-state index is 0. The molecule has 0 aromatic carbocycles. The predicted octanol–water partition coefficient (Wildman–Crippen LogP) is -0.0100. The summed E-state index contributed by atoms with van der Waals surface area (Å²) in [6.45, 7) is 0. The van der Waals surface area contributed by atoms with Crippen LogP contribution in [0.4, 0.5) is 0 Å². The van der Waals surface area contributed by atoms with Crippen LogP contribution in [0.3, 0.4) is 0 Å². The maximum absolute atomic E-state index is 0. The average Bonchev–Trinajstić information content (AvgIpc) is 0. The van der Waals surface area contributed by atoms with Crippen molar-refractivity contribution in [2.45, 2.75) is 0 Å². The topological polar surface area (TPSA) is 0 Å². The zero-order valence-corrected chi connectivity index (χ0v) is 7.14. The van der Waals surface area contributed by atoms with E-state index in [-0.39, 0.29) is 74.8 Å². The van der Waals surface area contributed by atoms with Crippen molar-refractivity contribution in [2.75, 3.05) is 0 Å². The van der Waals surface area contributed by atoms with E-state index in [2.05, 4.69) is 0 Å².